The van der Waals surface area contributed by atoms with Crippen molar-refractivity contribution in [2.75, 3.05) is 36.1 Å². The average Bonchev–Trinajstić information content (AvgIpc) is 3.29. The van der Waals surface area contributed by atoms with Gasteiger partial charge in [0.15, 0.2) is 0 Å². The maximum Gasteiger partial charge on any atom is 0.247 e. The Labute approximate surface area is 204 Å². The van der Waals surface area contributed by atoms with Gasteiger partial charge in [-0.3, -0.25) is 4.79 Å². The van der Waals surface area contributed by atoms with Crippen LogP contribution in [0.25, 0.3) is 22.0 Å². The van der Waals surface area contributed by atoms with Crippen LogP contribution in [-0.4, -0.2) is 47.0 Å². The second-order valence-corrected chi connectivity index (χ2v) is 8.81. The quantitative estimate of drug-likeness (QED) is 0.323. The van der Waals surface area contributed by atoms with E-state index in [9.17, 15) is 4.79 Å². The van der Waals surface area contributed by atoms with Crippen LogP contribution in [0.15, 0.2) is 85.6 Å². The van der Waals surface area contributed by atoms with Gasteiger partial charge in [0.2, 0.25) is 11.9 Å². The number of carbonyl (C=O) groups excluding carboxylic acids is 1. The molecule has 3 aromatic carbocycles. The summed E-state index contributed by atoms with van der Waals surface area (Å²) in [7, 11) is 2.15. The third-order valence-corrected chi connectivity index (χ3v) is 6.14. The first-order chi connectivity index (χ1) is 17.1. The normalized spacial score (nSPS) is 15.6. The molecular formula is C28H28N6O. The van der Waals surface area contributed by atoms with Crippen LogP contribution in [-0.2, 0) is 4.79 Å². The van der Waals surface area contributed by atoms with E-state index < -0.39 is 0 Å². The minimum Gasteiger partial charge on any atom is -0.381 e. The number of carbonyl (C=O) groups is 1. The van der Waals surface area contributed by atoms with E-state index in [1.807, 2.05) is 60.8 Å². The number of rotatable bonds is 7. The molecule has 35 heavy (non-hydrogen) atoms. The van der Waals surface area contributed by atoms with Crippen LogP contribution in [0, 0.1) is 0 Å². The highest BCUT2D eigenvalue weighted by atomic mass is 16.1. The fraction of sp³-hybridized carbons (Fsp3) is 0.179. The van der Waals surface area contributed by atoms with Crippen molar-refractivity contribution < 1.29 is 4.79 Å². The topological polar surface area (TPSA) is 82.2 Å². The zero-order valence-corrected chi connectivity index (χ0v) is 19.7. The summed E-state index contributed by atoms with van der Waals surface area (Å²) < 4.78 is 0. The monoisotopic (exact) mass is 464 g/mol. The minimum atomic E-state index is -0.245. The minimum absolute atomic E-state index is 0.245. The van der Waals surface area contributed by atoms with E-state index in [1.54, 1.807) is 0 Å². The lowest BCUT2D eigenvalue weighted by molar-refractivity contribution is -0.111. The highest BCUT2D eigenvalue weighted by Crippen LogP contribution is 2.30. The van der Waals surface area contributed by atoms with Gasteiger partial charge in [0.05, 0.1) is 5.52 Å². The molecule has 1 amide bonds. The first kappa shape index (κ1) is 22.6. The Morgan fingerprint density at radius 3 is 2.63 bits per heavy atom. The van der Waals surface area contributed by atoms with Crippen LogP contribution in [0.5, 0.6) is 0 Å². The SMILES string of the molecule is C=CC(=O)Nc1cccc(-c2cccc3cnc(Nc4ccc(NC5CCN(C)C5)cc4)nc23)c1. The summed E-state index contributed by atoms with van der Waals surface area (Å²) in [6, 6.07) is 22.4. The molecule has 0 radical (unpaired) electrons. The Morgan fingerprint density at radius 2 is 1.86 bits per heavy atom. The van der Waals surface area contributed by atoms with Crippen molar-refractivity contribution in [2.24, 2.45) is 0 Å². The molecule has 1 unspecified atom stereocenters. The average molecular weight is 465 g/mol. The molecule has 0 spiro atoms. The Kier molecular flexibility index (Phi) is 6.41. The molecular weight excluding hydrogens is 436 g/mol. The molecule has 1 aliphatic heterocycles. The predicted molar refractivity (Wildman–Crippen MR) is 143 cm³/mol. The lowest BCUT2D eigenvalue weighted by Crippen LogP contribution is -2.23. The summed E-state index contributed by atoms with van der Waals surface area (Å²) >= 11 is 0. The molecule has 1 aromatic heterocycles. The molecule has 2 heterocycles. The van der Waals surface area contributed by atoms with Gasteiger partial charge >= 0.3 is 0 Å². The van der Waals surface area contributed by atoms with Crippen molar-refractivity contribution in [1.29, 1.82) is 0 Å². The van der Waals surface area contributed by atoms with Gasteiger partial charge in [-0.1, -0.05) is 36.9 Å². The molecule has 1 aliphatic rings. The first-order valence-corrected chi connectivity index (χ1v) is 11.7. The lowest BCUT2D eigenvalue weighted by atomic mass is 10.0. The van der Waals surface area contributed by atoms with Crippen LogP contribution in [0.2, 0.25) is 0 Å². The number of hydrogen-bond donors (Lipinski definition) is 3. The zero-order chi connectivity index (χ0) is 24.2. The number of anilines is 4. The zero-order valence-electron chi connectivity index (χ0n) is 19.7. The Morgan fingerprint density at radius 1 is 1.06 bits per heavy atom. The van der Waals surface area contributed by atoms with Crippen molar-refractivity contribution in [3.63, 3.8) is 0 Å². The number of likely N-dealkylation sites (N-methyl/N-ethyl adjacent to an activating group) is 1. The summed E-state index contributed by atoms with van der Waals surface area (Å²) in [5, 5.41) is 10.7. The maximum atomic E-state index is 11.7. The maximum absolute atomic E-state index is 11.7. The summed E-state index contributed by atoms with van der Waals surface area (Å²) in [6.07, 6.45) is 4.24. The van der Waals surface area contributed by atoms with Crippen LogP contribution in [0.4, 0.5) is 23.0 Å². The number of fused-ring (bicyclic) bond motifs is 1. The number of aromatic nitrogens is 2. The second-order valence-electron chi connectivity index (χ2n) is 8.81. The van der Waals surface area contributed by atoms with Gasteiger partial charge in [0.25, 0.3) is 0 Å². The van der Waals surface area contributed by atoms with Gasteiger partial charge < -0.3 is 20.9 Å². The van der Waals surface area contributed by atoms with E-state index in [2.05, 4.69) is 51.6 Å². The smallest absolute Gasteiger partial charge is 0.247 e. The van der Waals surface area contributed by atoms with Gasteiger partial charge in [-0.25, -0.2) is 9.97 Å². The third-order valence-electron chi connectivity index (χ3n) is 6.14. The number of amides is 1. The van der Waals surface area contributed by atoms with Gasteiger partial charge in [0, 0.05) is 46.8 Å². The molecule has 7 heteroatoms. The van der Waals surface area contributed by atoms with E-state index in [0.717, 1.165) is 52.9 Å². The molecule has 4 aromatic rings. The fourth-order valence-electron chi connectivity index (χ4n) is 4.37. The highest BCUT2D eigenvalue weighted by Gasteiger charge is 2.18. The van der Waals surface area contributed by atoms with Gasteiger partial charge in [-0.15, -0.1) is 0 Å². The Balaban J connectivity index is 1.37. The molecule has 5 rings (SSSR count). The number of nitrogens with zero attached hydrogens (tertiary/aromatic N) is 3. The van der Waals surface area contributed by atoms with Crippen LogP contribution < -0.4 is 16.0 Å². The molecule has 7 nitrogen and oxygen atoms in total. The Bertz CT molecular complexity index is 1370. The number of likely N-dealkylation sites (tertiary alicyclic amines) is 1. The fourth-order valence-corrected chi connectivity index (χ4v) is 4.37. The van der Waals surface area contributed by atoms with E-state index in [-0.39, 0.29) is 5.91 Å². The largest absolute Gasteiger partial charge is 0.381 e. The number of para-hydroxylation sites is 1. The van der Waals surface area contributed by atoms with Crippen molar-refractivity contribution >= 4 is 39.8 Å². The van der Waals surface area contributed by atoms with Crippen molar-refractivity contribution in [3.8, 4) is 11.1 Å². The molecule has 0 saturated carbocycles. The molecule has 0 aliphatic carbocycles. The third kappa shape index (κ3) is 5.31. The van der Waals surface area contributed by atoms with E-state index in [1.165, 1.54) is 6.08 Å². The van der Waals surface area contributed by atoms with Gasteiger partial charge in [-0.2, -0.15) is 0 Å². The van der Waals surface area contributed by atoms with Crippen LogP contribution >= 0.6 is 0 Å². The second kappa shape index (κ2) is 9.95. The van der Waals surface area contributed by atoms with E-state index >= 15 is 0 Å². The summed E-state index contributed by atoms with van der Waals surface area (Å²) in [5.74, 6) is 0.282. The van der Waals surface area contributed by atoms with Gasteiger partial charge in [0.1, 0.15) is 0 Å². The Hall–Kier alpha value is -4.23. The number of hydrogen-bond acceptors (Lipinski definition) is 6. The number of nitrogens with one attached hydrogen (secondary N) is 3. The molecule has 0 bridgehead atoms. The summed E-state index contributed by atoms with van der Waals surface area (Å²) in [5.41, 5.74) is 5.49. The summed E-state index contributed by atoms with van der Waals surface area (Å²) in [4.78, 5) is 23.4. The molecule has 1 atom stereocenters. The van der Waals surface area contributed by atoms with Crippen LogP contribution in [0.3, 0.4) is 0 Å². The standard InChI is InChI=1S/C28H28N6O/c1-3-26(35)31-23-8-4-6-19(16-23)25-9-5-7-20-17-29-28(33-27(20)25)32-22-12-10-21(11-13-22)30-24-14-15-34(2)18-24/h3-13,16-17,24,30H,1,14-15,18H2,2H3,(H,31,35)(H,29,32,33). The molecule has 1 fully saturated rings. The van der Waals surface area contributed by atoms with E-state index in [0.29, 0.717) is 17.7 Å². The van der Waals surface area contributed by atoms with Crippen LogP contribution in [0.1, 0.15) is 6.42 Å². The number of benzene rings is 3. The first-order valence-electron chi connectivity index (χ1n) is 11.7. The molecule has 1 saturated heterocycles. The van der Waals surface area contributed by atoms with E-state index in [4.69, 9.17) is 4.98 Å². The molecule has 3 N–H and O–H groups in total. The van der Waals surface area contributed by atoms with Crippen molar-refractivity contribution in [3.05, 3.63) is 85.6 Å². The highest BCUT2D eigenvalue weighted by molar-refractivity contribution is 6.00. The lowest BCUT2D eigenvalue weighted by Gasteiger charge is -2.15. The van der Waals surface area contributed by atoms with Gasteiger partial charge in [-0.05, 0) is 68.1 Å². The van der Waals surface area contributed by atoms with Crippen molar-refractivity contribution in [1.82, 2.24) is 14.9 Å². The molecule has 176 valence electrons. The van der Waals surface area contributed by atoms with Crippen molar-refractivity contribution in [2.45, 2.75) is 12.5 Å². The summed E-state index contributed by atoms with van der Waals surface area (Å²) in [6.45, 7) is 5.71. The predicted octanol–water partition coefficient (Wildman–Crippen LogP) is 5.28.